The molecule has 0 saturated carbocycles. The van der Waals surface area contributed by atoms with Crippen LogP contribution in [0.25, 0.3) is 0 Å². The van der Waals surface area contributed by atoms with Crippen LogP contribution in [0.1, 0.15) is 41.8 Å². The topological polar surface area (TPSA) is 47.6 Å². The highest BCUT2D eigenvalue weighted by atomic mass is 16.5. The minimum absolute atomic E-state index is 0.0693. The molecule has 0 bridgehead atoms. The fraction of sp³-hybridized carbons (Fsp3) is 0.381. The molecule has 134 valence electrons. The van der Waals surface area contributed by atoms with E-state index < -0.39 is 0 Å². The Labute approximate surface area is 150 Å². The minimum Gasteiger partial charge on any atom is -0.496 e. The number of nitrogens with one attached hydrogen (secondary N) is 1. The molecule has 0 saturated heterocycles. The van der Waals surface area contributed by atoms with E-state index in [1.54, 1.807) is 13.2 Å². The molecule has 0 aliphatic carbocycles. The number of hydrogen-bond acceptors (Lipinski definition) is 3. The molecule has 1 N–H and O–H groups in total. The van der Waals surface area contributed by atoms with Crippen LogP contribution in [0.3, 0.4) is 0 Å². The highest BCUT2D eigenvalue weighted by Crippen LogP contribution is 2.22. The maximum atomic E-state index is 12.3. The first-order valence-corrected chi connectivity index (χ1v) is 8.64. The van der Waals surface area contributed by atoms with E-state index in [2.05, 4.69) is 19.2 Å². The maximum absolute atomic E-state index is 12.3. The molecule has 2 aromatic carbocycles. The number of carbonyl (C=O) groups excluding carboxylic acids is 1. The Bertz CT molecular complexity index is 710. The third-order valence-electron chi connectivity index (χ3n) is 3.93. The molecule has 0 heterocycles. The van der Waals surface area contributed by atoms with Gasteiger partial charge in [0.1, 0.15) is 18.1 Å². The Hall–Kier alpha value is -2.49. The molecule has 0 unspecified atom stereocenters. The number of carbonyl (C=O) groups is 1. The van der Waals surface area contributed by atoms with E-state index in [4.69, 9.17) is 9.47 Å². The fourth-order valence-corrected chi connectivity index (χ4v) is 2.48. The van der Waals surface area contributed by atoms with Crippen molar-refractivity contribution in [3.63, 3.8) is 0 Å². The second-order valence-electron chi connectivity index (χ2n) is 6.57. The summed E-state index contributed by atoms with van der Waals surface area (Å²) in [5.74, 6) is 2.01. The fourth-order valence-electron chi connectivity index (χ4n) is 2.48. The van der Waals surface area contributed by atoms with Gasteiger partial charge in [-0.2, -0.15) is 0 Å². The first-order chi connectivity index (χ1) is 12.0. The monoisotopic (exact) mass is 341 g/mol. The second-order valence-corrected chi connectivity index (χ2v) is 6.57. The summed E-state index contributed by atoms with van der Waals surface area (Å²) in [6, 6.07) is 13.3. The number of aryl methyl sites for hydroxylation is 1. The molecule has 0 radical (unpaired) electrons. The van der Waals surface area contributed by atoms with Crippen LogP contribution < -0.4 is 14.8 Å². The quantitative estimate of drug-likeness (QED) is 0.776. The van der Waals surface area contributed by atoms with Gasteiger partial charge in [0.25, 0.3) is 5.91 Å². The molecule has 0 aromatic heterocycles. The molecule has 0 spiro atoms. The molecular weight excluding hydrogens is 314 g/mol. The van der Waals surface area contributed by atoms with Crippen LogP contribution in [0.5, 0.6) is 11.5 Å². The predicted octanol–water partition coefficient (Wildman–Crippen LogP) is 4.36. The van der Waals surface area contributed by atoms with Crippen LogP contribution in [0.4, 0.5) is 0 Å². The highest BCUT2D eigenvalue weighted by Gasteiger charge is 2.11. The molecule has 25 heavy (non-hydrogen) atoms. The van der Waals surface area contributed by atoms with Crippen molar-refractivity contribution < 1.29 is 14.3 Å². The number of methoxy groups -OCH3 is 1. The van der Waals surface area contributed by atoms with Crippen LogP contribution in [0, 0.1) is 12.8 Å². The lowest BCUT2D eigenvalue weighted by Crippen LogP contribution is -2.25. The lowest BCUT2D eigenvalue weighted by molar-refractivity contribution is 0.0952. The molecule has 0 atom stereocenters. The van der Waals surface area contributed by atoms with Crippen LogP contribution in [0.2, 0.25) is 0 Å². The van der Waals surface area contributed by atoms with Gasteiger partial charge in [-0.15, -0.1) is 0 Å². The summed E-state index contributed by atoms with van der Waals surface area (Å²) >= 11 is 0. The zero-order valence-corrected chi connectivity index (χ0v) is 15.5. The van der Waals surface area contributed by atoms with Gasteiger partial charge in [-0.25, -0.2) is 0 Å². The number of hydrogen-bond donors (Lipinski definition) is 1. The van der Waals surface area contributed by atoms with Gasteiger partial charge in [-0.1, -0.05) is 26.0 Å². The third-order valence-corrected chi connectivity index (χ3v) is 3.93. The van der Waals surface area contributed by atoms with Crippen molar-refractivity contribution in [3.05, 3.63) is 59.2 Å². The van der Waals surface area contributed by atoms with E-state index in [0.29, 0.717) is 30.4 Å². The summed E-state index contributed by atoms with van der Waals surface area (Å²) in [5.41, 5.74) is 2.61. The molecule has 2 rings (SSSR count). The van der Waals surface area contributed by atoms with Crippen molar-refractivity contribution >= 4 is 5.91 Å². The Kier molecular flexibility index (Phi) is 6.87. The van der Waals surface area contributed by atoms with Gasteiger partial charge in [-0.05, 0) is 55.2 Å². The number of benzene rings is 2. The molecule has 1 amide bonds. The van der Waals surface area contributed by atoms with Gasteiger partial charge >= 0.3 is 0 Å². The SMILES string of the molecule is COc1ccc(C(=O)NCCC(C)C)cc1COc1cccc(C)c1. The van der Waals surface area contributed by atoms with Crippen molar-refractivity contribution in [2.75, 3.05) is 13.7 Å². The summed E-state index contributed by atoms with van der Waals surface area (Å²) in [7, 11) is 1.62. The van der Waals surface area contributed by atoms with Crippen LogP contribution in [-0.4, -0.2) is 19.6 Å². The van der Waals surface area contributed by atoms with E-state index in [-0.39, 0.29) is 5.91 Å². The first kappa shape index (κ1) is 18.8. The van der Waals surface area contributed by atoms with Gasteiger partial charge in [0.2, 0.25) is 0 Å². The Morgan fingerprint density at radius 2 is 1.96 bits per heavy atom. The van der Waals surface area contributed by atoms with Gasteiger partial charge in [0, 0.05) is 17.7 Å². The molecule has 0 aliphatic heterocycles. The summed E-state index contributed by atoms with van der Waals surface area (Å²) in [6.45, 7) is 7.33. The van der Waals surface area contributed by atoms with Crippen molar-refractivity contribution in [3.8, 4) is 11.5 Å². The van der Waals surface area contributed by atoms with Gasteiger partial charge in [0.15, 0.2) is 0 Å². The minimum atomic E-state index is -0.0693. The Morgan fingerprint density at radius 1 is 1.16 bits per heavy atom. The predicted molar refractivity (Wildman–Crippen MR) is 100 cm³/mol. The summed E-state index contributed by atoms with van der Waals surface area (Å²) < 4.78 is 11.2. The summed E-state index contributed by atoms with van der Waals surface area (Å²) in [6.07, 6.45) is 0.964. The number of rotatable bonds is 8. The van der Waals surface area contributed by atoms with Crippen LogP contribution >= 0.6 is 0 Å². The smallest absolute Gasteiger partial charge is 0.251 e. The number of ether oxygens (including phenoxy) is 2. The van der Waals surface area contributed by atoms with E-state index in [0.717, 1.165) is 23.3 Å². The van der Waals surface area contributed by atoms with Crippen LogP contribution in [-0.2, 0) is 6.61 Å². The lowest BCUT2D eigenvalue weighted by Gasteiger charge is -2.13. The molecule has 2 aromatic rings. The average molecular weight is 341 g/mol. The average Bonchev–Trinajstić information content (AvgIpc) is 2.59. The largest absolute Gasteiger partial charge is 0.496 e. The van der Waals surface area contributed by atoms with Crippen molar-refractivity contribution in [1.29, 1.82) is 0 Å². The lowest BCUT2D eigenvalue weighted by atomic mass is 10.1. The van der Waals surface area contributed by atoms with Gasteiger partial charge < -0.3 is 14.8 Å². The maximum Gasteiger partial charge on any atom is 0.251 e. The van der Waals surface area contributed by atoms with Crippen molar-refractivity contribution in [1.82, 2.24) is 5.32 Å². The standard InChI is InChI=1S/C21H27NO3/c1-15(2)10-11-22-21(23)17-8-9-20(24-4)18(13-17)14-25-19-7-5-6-16(3)12-19/h5-9,12-13,15H,10-11,14H2,1-4H3,(H,22,23). The second kappa shape index (κ2) is 9.11. The van der Waals surface area contributed by atoms with Gasteiger partial charge in [-0.3, -0.25) is 4.79 Å². The molecule has 0 aliphatic rings. The van der Waals surface area contributed by atoms with E-state index in [9.17, 15) is 4.79 Å². The Morgan fingerprint density at radius 3 is 2.64 bits per heavy atom. The first-order valence-electron chi connectivity index (χ1n) is 8.64. The van der Waals surface area contributed by atoms with Gasteiger partial charge in [0.05, 0.1) is 7.11 Å². The molecular formula is C21H27NO3. The summed E-state index contributed by atoms with van der Waals surface area (Å²) in [4.78, 5) is 12.3. The molecule has 4 nitrogen and oxygen atoms in total. The molecule has 0 fully saturated rings. The third kappa shape index (κ3) is 5.82. The zero-order valence-electron chi connectivity index (χ0n) is 15.5. The van der Waals surface area contributed by atoms with E-state index in [1.807, 2.05) is 43.3 Å². The normalized spacial score (nSPS) is 10.6. The van der Waals surface area contributed by atoms with Crippen molar-refractivity contribution in [2.24, 2.45) is 5.92 Å². The zero-order chi connectivity index (χ0) is 18.2. The number of amides is 1. The van der Waals surface area contributed by atoms with E-state index >= 15 is 0 Å². The molecule has 4 heteroatoms. The van der Waals surface area contributed by atoms with Crippen molar-refractivity contribution in [2.45, 2.75) is 33.8 Å². The van der Waals surface area contributed by atoms with Crippen LogP contribution in [0.15, 0.2) is 42.5 Å². The highest BCUT2D eigenvalue weighted by molar-refractivity contribution is 5.94. The Balaban J connectivity index is 2.07. The van der Waals surface area contributed by atoms with E-state index in [1.165, 1.54) is 0 Å². The summed E-state index contributed by atoms with van der Waals surface area (Å²) in [5, 5.41) is 2.96.